The number of aromatic nitrogens is 4. The zero-order valence-corrected chi connectivity index (χ0v) is 6.85. The third-order valence-electron chi connectivity index (χ3n) is 1.19. The maximum absolute atomic E-state index is 10.4. The number of hydrogen-bond acceptors (Lipinski definition) is 7. The van der Waals surface area contributed by atoms with Crippen LogP contribution in [-0.2, 0) is 0 Å². The van der Waals surface area contributed by atoms with Crippen molar-refractivity contribution in [3.05, 3.63) is 12.0 Å². The van der Waals surface area contributed by atoms with Gasteiger partial charge in [-0.15, -0.1) is 5.10 Å². The maximum Gasteiger partial charge on any atom is 0.377 e. The molecule has 13 heavy (non-hydrogen) atoms. The second kappa shape index (κ2) is 2.90. The van der Waals surface area contributed by atoms with Crippen molar-refractivity contribution in [1.82, 2.24) is 19.7 Å². The summed E-state index contributed by atoms with van der Waals surface area (Å²) >= 11 is 1.05. The molecule has 0 aliphatic carbocycles. The summed E-state index contributed by atoms with van der Waals surface area (Å²) < 4.78 is 8.23. The fraction of sp³-hybridized carbons (Fsp3) is 0. The van der Waals surface area contributed by atoms with Crippen molar-refractivity contribution >= 4 is 17.5 Å². The molecule has 7 nitrogen and oxygen atoms in total. The van der Waals surface area contributed by atoms with Crippen molar-refractivity contribution in [3.8, 4) is 10.8 Å². The SMILES string of the molecule is O=C(O)c1noc(-c2cnns2)n1. The quantitative estimate of drug-likeness (QED) is 0.739. The van der Waals surface area contributed by atoms with E-state index >= 15 is 0 Å². The van der Waals surface area contributed by atoms with Gasteiger partial charge in [0, 0.05) is 0 Å². The Morgan fingerprint density at radius 1 is 1.62 bits per heavy atom. The molecule has 8 heteroatoms. The first kappa shape index (κ1) is 7.80. The summed E-state index contributed by atoms with van der Waals surface area (Å²) in [5.74, 6) is -1.48. The normalized spacial score (nSPS) is 10.2. The Bertz CT molecular complexity index is 423. The predicted molar refractivity (Wildman–Crippen MR) is 40.2 cm³/mol. The zero-order chi connectivity index (χ0) is 9.26. The minimum absolute atomic E-state index is 0.118. The molecule has 66 valence electrons. The van der Waals surface area contributed by atoms with Gasteiger partial charge in [0.15, 0.2) is 0 Å². The van der Waals surface area contributed by atoms with Gasteiger partial charge in [-0.25, -0.2) is 4.79 Å². The van der Waals surface area contributed by atoms with E-state index in [4.69, 9.17) is 5.11 Å². The number of rotatable bonds is 2. The molecule has 0 atom stereocenters. The first-order valence-electron chi connectivity index (χ1n) is 3.12. The highest BCUT2D eigenvalue weighted by atomic mass is 32.1. The first-order chi connectivity index (χ1) is 6.27. The van der Waals surface area contributed by atoms with Crippen molar-refractivity contribution in [3.63, 3.8) is 0 Å². The van der Waals surface area contributed by atoms with E-state index in [1.807, 2.05) is 0 Å². The van der Waals surface area contributed by atoms with Crippen LogP contribution in [0.4, 0.5) is 0 Å². The van der Waals surface area contributed by atoms with Crippen LogP contribution in [0, 0.1) is 0 Å². The van der Waals surface area contributed by atoms with Gasteiger partial charge in [0.1, 0.15) is 4.88 Å². The van der Waals surface area contributed by atoms with E-state index in [2.05, 4.69) is 24.3 Å². The van der Waals surface area contributed by atoms with Gasteiger partial charge in [-0.1, -0.05) is 4.49 Å². The number of nitrogens with zero attached hydrogens (tertiary/aromatic N) is 4. The number of carboxylic acids is 1. The highest BCUT2D eigenvalue weighted by molar-refractivity contribution is 7.09. The Balaban J connectivity index is 2.39. The van der Waals surface area contributed by atoms with Gasteiger partial charge >= 0.3 is 5.97 Å². The van der Waals surface area contributed by atoms with E-state index < -0.39 is 5.97 Å². The monoisotopic (exact) mass is 198 g/mol. The molecule has 0 fully saturated rings. The molecule has 0 unspecified atom stereocenters. The van der Waals surface area contributed by atoms with E-state index in [9.17, 15) is 4.79 Å². The van der Waals surface area contributed by atoms with Crippen LogP contribution in [0.2, 0.25) is 0 Å². The lowest BCUT2D eigenvalue weighted by atomic mass is 10.5. The van der Waals surface area contributed by atoms with Gasteiger partial charge in [0.25, 0.3) is 11.7 Å². The minimum Gasteiger partial charge on any atom is -0.475 e. The second-order valence-corrected chi connectivity index (χ2v) is 2.80. The average molecular weight is 198 g/mol. The van der Waals surface area contributed by atoms with E-state index in [0.717, 1.165) is 11.5 Å². The lowest BCUT2D eigenvalue weighted by Crippen LogP contribution is -1.97. The van der Waals surface area contributed by atoms with E-state index in [0.29, 0.717) is 4.88 Å². The van der Waals surface area contributed by atoms with Gasteiger partial charge < -0.3 is 9.63 Å². The topological polar surface area (TPSA) is 102 Å². The summed E-state index contributed by atoms with van der Waals surface area (Å²) in [7, 11) is 0. The third-order valence-corrected chi connectivity index (χ3v) is 1.84. The molecule has 0 bridgehead atoms. The first-order valence-corrected chi connectivity index (χ1v) is 3.89. The summed E-state index contributed by atoms with van der Waals surface area (Å²) in [5.41, 5.74) is 0. The van der Waals surface area contributed by atoms with Crippen molar-refractivity contribution < 1.29 is 14.4 Å². The number of aromatic carboxylic acids is 1. The molecule has 1 N–H and O–H groups in total. The number of hydrogen-bond donors (Lipinski definition) is 1. The van der Waals surface area contributed by atoms with Crippen molar-refractivity contribution in [2.24, 2.45) is 0 Å². The van der Waals surface area contributed by atoms with E-state index in [-0.39, 0.29) is 11.7 Å². The largest absolute Gasteiger partial charge is 0.475 e. The minimum atomic E-state index is -1.23. The van der Waals surface area contributed by atoms with Crippen LogP contribution < -0.4 is 0 Å². The average Bonchev–Trinajstić information content (AvgIpc) is 2.75. The summed E-state index contributed by atoms with van der Waals surface area (Å²) in [5, 5.41) is 15.3. The van der Waals surface area contributed by atoms with Crippen LogP contribution in [0.25, 0.3) is 10.8 Å². The summed E-state index contributed by atoms with van der Waals surface area (Å²) in [4.78, 5) is 14.5. The van der Waals surface area contributed by atoms with Gasteiger partial charge in [-0.3, -0.25) is 0 Å². The molecular weight excluding hydrogens is 196 g/mol. The van der Waals surface area contributed by atoms with Gasteiger partial charge in [-0.2, -0.15) is 4.98 Å². The van der Waals surface area contributed by atoms with Gasteiger partial charge in [0.2, 0.25) is 0 Å². The molecule has 0 radical (unpaired) electrons. The fourth-order valence-corrected chi connectivity index (χ4v) is 1.11. The maximum atomic E-state index is 10.4. The fourth-order valence-electron chi connectivity index (χ4n) is 0.672. The molecule has 0 saturated heterocycles. The molecule has 0 aliphatic rings. The highest BCUT2D eigenvalue weighted by Gasteiger charge is 2.15. The summed E-state index contributed by atoms with van der Waals surface area (Å²) in [6.45, 7) is 0. The van der Waals surface area contributed by atoms with Crippen molar-refractivity contribution in [2.45, 2.75) is 0 Å². The van der Waals surface area contributed by atoms with E-state index in [1.165, 1.54) is 6.20 Å². The Morgan fingerprint density at radius 3 is 3.00 bits per heavy atom. The van der Waals surface area contributed by atoms with Crippen molar-refractivity contribution in [1.29, 1.82) is 0 Å². The zero-order valence-electron chi connectivity index (χ0n) is 6.04. The van der Waals surface area contributed by atoms with E-state index in [1.54, 1.807) is 0 Å². The van der Waals surface area contributed by atoms with Crippen LogP contribution in [0.5, 0.6) is 0 Å². The van der Waals surface area contributed by atoms with Crippen LogP contribution >= 0.6 is 11.5 Å². The summed E-state index contributed by atoms with van der Waals surface area (Å²) in [6.07, 6.45) is 1.42. The standard InChI is InChI=1S/C5H2N4O3S/c10-5(11)3-7-4(12-8-3)2-1-6-9-13-2/h1H,(H,10,11). The molecule has 0 aromatic carbocycles. The molecule has 0 saturated carbocycles. The van der Waals surface area contributed by atoms with Crippen LogP contribution in [0.15, 0.2) is 10.7 Å². The Labute approximate surface area is 75.2 Å². The Morgan fingerprint density at radius 2 is 2.46 bits per heavy atom. The molecule has 0 amide bonds. The van der Waals surface area contributed by atoms with Gasteiger partial charge in [0.05, 0.1) is 6.20 Å². The Kier molecular flexibility index (Phi) is 1.74. The van der Waals surface area contributed by atoms with Crippen LogP contribution in [-0.4, -0.2) is 30.8 Å². The number of carboxylic acid groups (broad SMARTS) is 1. The molecule has 2 heterocycles. The van der Waals surface area contributed by atoms with Gasteiger partial charge in [-0.05, 0) is 16.7 Å². The lowest BCUT2D eigenvalue weighted by Gasteiger charge is -1.78. The predicted octanol–water partition coefficient (Wildman–Crippen LogP) is 0.286. The lowest BCUT2D eigenvalue weighted by molar-refractivity contribution is 0.0680. The molecule has 2 rings (SSSR count). The molecule has 0 aliphatic heterocycles. The third kappa shape index (κ3) is 1.38. The van der Waals surface area contributed by atoms with Crippen LogP contribution in [0.3, 0.4) is 0 Å². The van der Waals surface area contributed by atoms with Crippen LogP contribution in [0.1, 0.15) is 10.6 Å². The molecule has 2 aromatic heterocycles. The van der Waals surface area contributed by atoms with Crippen molar-refractivity contribution in [2.75, 3.05) is 0 Å². The summed E-state index contributed by atoms with van der Waals surface area (Å²) in [6, 6.07) is 0. The molecular formula is C5H2N4O3S. The smallest absolute Gasteiger partial charge is 0.377 e. The molecule has 0 spiro atoms. The molecule has 2 aromatic rings. The highest BCUT2D eigenvalue weighted by Crippen LogP contribution is 2.18. The Hall–Kier alpha value is -1.83. The number of carbonyl (C=O) groups is 1. The second-order valence-electron chi connectivity index (χ2n) is 2.01.